The first-order valence-electron chi connectivity index (χ1n) is 8.66. The number of thiophene rings is 1. The van der Waals surface area contributed by atoms with E-state index in [0.717, 1.165) is 49.4 Å². The smallest absolute Gasteiger partial charge is 0.263 e. The second-order valence-corrected chi connectivity index (χ2v) is 7.61. The molecule has 26 heavy (non-hydrogen) atoms. The SMILES string of the molecule is Cc1ccc(-c2ccc3c(ccc4sc5c(c43)NCCNC5=O)n2)cc1. The van der Waals surface area contributed by atoms with Crippen LogP contribution in [0.1, 0.15) is 15.2 Å². The number of nitrogens with zero attached hydrogens (tertiary/aromatic N) is 1. The summed E-state index contributed by atoms with van der Waals surface area (Å²) in [6.07, 6.45) is 0. The van der Waals surface area contributed by atoms with Gasteiger partial charge in [0.15, 0.2) is 0 Å². The van der Waals surface area contributed by atoms with Gasteiger partial charge in [0.1, 0.15) is 4.88 Å². The summed E-state index contributed by atoms with van der Waals surface area (Å²) in [5.74, 6) is 0.00332. The number of benzene rings is 2. The number of fused-ring (bicyclic) bond motifs is 5. The zero-order valence-corrected chi connectivity index (χ0v) is 15.1. The van der Waals surface area contributed by atoms with E-state index in [-0.39, 0.29) is 5.91 Å². The molecule has 1 aliphatic rings. The summed E-state index contributed by atoms with van der Waals surface area (Å²) in [6.45, 7) is 3.46. The van der Waals surface area contributed by atoms with Gasteiger partial charge in [-0.3, -0.25) is 4.79 Å². The molecule has 5 heteroatoms. The number of amides is 1. The first-order valence-corrected chi connectivity index (χ1v) is 9.48. The Hall–Kier alpha value is -2.92. The largest absolute Gasteiger partial charge is 0.381 e. The Bertz CT molecular complexity index is 1160. The van der Waals surface area contributed by atoms with Crippen molar-refractivity contribution in [3.63, 3.8) is 0 Å². The van der Waals surface area contributed by atoms with Crippen LogP contribution in [0.4, 0.5) is 5.69 Å². The first-order chi connectivity index (χ1) is 12.7. The molecule has 0 saturated carbocycles. The lowest BCUT2D eigenvalue weighted by Gasteiger charge is -2.07. The van der Waals surface area contributed by atoms with Crippen LogP contribution in [-0.4, -0.2) is 24.0 Å². The van der Waals surface area contributed by atoms with E-state index in [1.807, 2.05) is 6.07 Å². The number of hydrogen-bond acceptors (Lipinski definition) is 4. The lowest BCUT2D eigenvalue weighted by Crippen LogP contribution is -2.24. The molecule has 0 unspecified atom stereocenters. The normalized spacial score (nSPS) is 14.0. The molecule has 2 N–H and O–H groups in total. The molecule has 0 atom stereocenters. The van der Waals surface area contributed by atoms with Gasteiger partial charge >= 0.3 is 0 Å². The van der Waals surface area contributed by atoms with Gasteiger partial charge in [-0.1, -0.05) is 29.8 Å². The monoisotopic (exact) mass is 359 g/mol. The molecule has 4 aromatic rings. The molecule has 2 aromatic carbocycles. The first kappa shape index (κ1) is 15.3. The quantitative estimate of drug-likeness (QED) is 0.523. The third kappa shape index (κ3) is 2.35. The van der Waals surface area contributed by atoms with Crippen LogP contribution in [0.5, 0.6) is 0 Å². The number of carbonyl (C=O) groups is 1. The molecule has 0 spiro atoms. The van der Waals surface area contributed by atoms with Gasteiger partial charge in [0.25, 0.3) is 5.91 Å². The molecule has 3 heterocycles. The fourth-order valence-corrected chi connectivity index (χ4v) is 4.57. The highest BCUT2D eigenvalue weighted by Gasteiger charge is 2.22. The van der Waals surface area contributed by atoms with Gasteiger partial charge in [-0.15, -0.1) is 11.3 Å². The van der Waals surface area contributed by atoms with Crippen molar-refractivity contribution in [3.8, 4) is 11.3 Å². The molecular formula is C21H17N3OS. The summed E-state index contributed by atoms with van der Waals surface area (Å²) in [5, 5.41) is 8.54. The minimum absolute atomic E-state index is 0.00332. The molecule has 0 fully saturated rings. The highest BCUT2D eigenvalue weighted by molar-refractivity contribution is 7.21. The highest BCUT2D eigenvalue weighted by atomic mass is 32.1. The molecule has 2 aromatic heterocycles. The molecule has 1 aliphatic heterocycles. The third-order valence-corrected chi connectivity index (χ3v) is 5.94. The summed E-state index contributed by atoms with van der Waals surface area (Å²) in [5.41, 5.74) is 5.20. The zero-order chi connectivity index (χ0) is 17.7. The van der Waals surface area contributed by atoms with E-state index >= 15 is 0 Å². The predicted molar refractivity (Wildman–Crippen MR) is 108 cm³/mol. The van der Waals surface area contributed by atoms with Crippen LogP contribution in [0.2, 0.25) is 0 Å². The maximum Gasteiger partial charge on any atom is 0.263 e. The molecule has 128 valence electrons. The van der Waals surface area contributed by atoms with Gasteiger partial charge < -0.3 is 10.6 Å². The zero-order valence-electron chi connectivity index (χ0n) is 14.3. The van der Waals surface area contributed by atoms with Crippen LogP contribution in [0.25, 0.3) is 32.2 Å². The second-order valence-electron chi connectivity index (χ2n) is 6.56. The Morgan fingerprint density at radius 3 is 2.62 bits per heavy atom. The minimum Gasteiger partial charge on any atom is -0.381 e. The van der Waals surface area contributed by atoms with Crippen molar-refractivity contribution in [1.82, 2.24) is 10.3 Å². The van der Waals surface area contributed by atoms with E-state index in [1.54, 1.807) is 0 Å². The molecule has 0 aliphatic carbocycles. The number of pyridine rings is 1. The van der Waals surface area contributed by atoms with Gasteiger partial charge in [0.2, 0.25) is 0 Å². The van der Waals surface area contributed by atoms with E-state index in [9.17, 15) is 4.79 Å². The Kier molecular flexibility index (Phi) is 3.43. The number of aromatic nitrogens is 1. The van der Waals surface area contributed by atoms with Crippen LogP contribution in [0.15, 0.2) is 48.5 Å². The van der Waals surface area contributed by atoms with Gasteiger partial charge in [-0.25, -0.2) is 4.98 Å². The van der Waals surface area contributed by atoms with E-state index < -0.39 is 0 Å². The van der Waals surface area contributed by atoms with Gasteiger partial charge in [0, 0.05) is 34.1 Å². The predicted octanol–water partition coefficient (Wildman–Crippen LogP) is 4.58. The second kappa shape index (κ2) is 5.81. The summed E-state index contributed by atoms with van der Waals surface area (Å²) in [7, 11) is 0. The Balaban J connectivity index is 1.73. The number of nitrogens with one attached hydrogen (secondary N) is 2. The summed E-state index contributed by atoms with van der Waals surface area (Å²) < 4.78 is 1.11. The van der Waals surface area contributed by atoms with Crippen LogP contribution >= 0.6 is 11.3 Å². The highest BCUT2D eigenvalue weighted by Crippen LogP contribution is 2.40. The van der Waals surface area contributed by atoms with Crippen LogP contribution < -0.4 is 10.6 Å². The molecular weight excluding hydrogens is 342 g/mol. The average molecular weight is 359 g/mol. The number of aryl methyl sites for hydroxylation is 1. The molecule has 0 saturated heterocycles. The fourth-order valence-electron chi connectivity index (χ4n) is 3.46. The van der Waals surface area contributed by atoms with Gasteiger partial charge in [-0.05, 0) is 31.2 Å². The van der Waals surface area contributed by atoms with Crippen LogP contribution in [0, 0.1) is 6.92 Å². The summed E-state index contributed by atoms with van der Waals surface area (Å²) in [6, 6.07) is 16.7. The van der Waals surface area contributed by atoms with E-state index in [4.69, 9.17) is 4.98 Å². The van der Waals surface area contributed by atoms with E-state index in [2.05, 4.69) is 60.0 Å². The Morgan fingerprint density at radius 2 is 1.77 bits per heavy atom. The van der Waals surface area contributed by atoms with Crippen molar-refractivity contribution in [2.75, 3.05) is 18.4 Å². The van der Waals surface area contributed by atoms with Crippen molar-refractivity contribution in [1.29, 1.82) is 0 Å². The number of hydrogen-bond donors (Lipinski definition) is 2. The van der Waals surface area contributed by atoms with Crippen molar-refractivity contribution in [2.24, 2.45) is 0 Å². The summed E-state index contributed by atoms with van der Waals surface area (Å²) in [4.78, 5) is 18.0. The Morgan fingerprint density at radius 1 is 0.962 bits per heavy atom. The Labute approximate surface area is 154 Å². The lowest BCUT2D eigenvalue weighted by atomic mass is 10.1. The van der Waals surface area contributed by atoms with Gasteiger partial charge in [-0.2, -0.15) is 0 Å². The van der Waals surface area contributed by atoms with Crippen LogP contribution in [-0.2, 0) is 0 Å². The van der Waals surface area contributed by atoms with Crippen LogP contribution in [0.3, 0.4) is 0 Å². The minimum atomic E-state index is 0.00332. The standard InChI is InChI=1S/C21H17N3OS/c1-12-2-4-13(5-3-12)15-7-6-14-16(24-15)8-9-17-18(14)19-20(26-17)21(25)23-11-10-22-19/h2-9,22H,10-11H2,1H3,(H,23,25). The topological polar surface area (TPSA) is 54.0 Å². The van der Waals surface area contributed by atoms with E-state index in [1.165, 1.54) is 16.9 Å². The number of anilines is 1. The fraction of sp³-hybridized carbons (Fsp3) is 0.143. The van der Waals surface area contributed by atoms with Crippen molar-refractivity contribution in [3.05, 3.63) is 59.0 Å². The van der Waals surface area contributed by atoms with Crippen molar-refractivity contribution >= 4 is 43.9 Å². The lowest BCUT2D eigenvalue weighted by molar-refractivity contribution is 0.0962. The maximum atomic E-state index is 12.3. The molecule has 4 nitrogen and oxygen atoms in total. The maximum absolute atomic E-state index is 12.3. The summed E-state index contributed by atoms with van der Waals surface area (Å²) >= 11 is 1.54. The molecule has 5 rings (SSSR count). The van der Waals surface area contributed by atoms with Crippen molar-refractivity contribution in [2.45, 2.75) is 6.92 Å². The third-order valence-electron chi connectivity index (χ3n) is 4.79. The number of rotatable bonds is 1. The van der Waals surface area contributed by atoms with Gasteiger partial charge in [0.05, 0.1) is 16.9 Å². The average Bonchev–Trinajstić information content (AvgIpc) is 2.95. The van der Waals surface area contributed by atoms with E-state index in [0.29, 0.717) is 6.54 Å². The number of carbonyl (C=O) groups excluding carboxylic acids is 1. The molecule has 1 amide bonds. The van der Waals surface area contributed by atoms with Crippen molar-refractivity contribution < 1.29 is 4.79 Å². The molecule has 0 radical (unpaired) electrons. The molecule has 0 bridgehead atoms.